The number of rotatable bonds is 3. The second-order valence-electron chi connectivity index (χ2n) is 7.48. The van der Waals surface area contributed by atoms with Gasteiger partial charge in [-0.05, 0) is 25.1 Å². The van der Waals surface area contributed by atoms with Crippen molar-refractivity contribution >= 4 is 46.6 Å². The Morgan fingerprint density at radius 3 is 2.61 bits per heavy atom. The average Bonchev–Trinajstić information content (AvgIpc) is 2.68. The number of amides is 2. The van der Waals surface area contributed by atoms with Crippen LogP contribution in [0, 0.1) is 5.82 Å². The number of nitrogens with two attached hydrogens (primary N) is 1. The number of anilines is 3. The van der Waals surface area contributed by atoms with Crippen LogP contribution in [0.5, 0.6) is 0 Å². The number of carbonyl (C=O) groups excluding carboxylic acids is 1. The molecule has 33 heavy (non-hydrogen) atoms. The fourth-order valence-corrected chi connectivity index (χ4v) is 3.73. The first-order valence-electron chi connectivity index (χ1n) is 9.32. The lowest BCUT2D eigenvalue weighted by molar-refractivity contribution is -0.136. The second-order valence-corrected chi connectivity index (χ2v) is 7.89. The summed E-state index contributed by atoms with van der Waals surface area (Å²) in [7, 11) is 1.30. The number of hydrogen-bond acceptors (Lipinski definition) is 4. The van der Waals surface area contributed by atoms with Gasteiger partial charge in [-0.15, -0.1) is 4.99 Å². The Morgan fingerprint density at radius 2 is 2.00 bits per heavy atom. The minimum Gasteiger partial charge on any atom is -0.463 e. The van der Waals surface area contributed by atoms with Gasteiger partial charge in [0.1, 0.15) is 0 Å². The van der Waals surface area contributed by atoms with Crippen LogP contribution in [0.2, 0.25) is 5.02 Å². The number of alkyl halides is 3. The molecule has 0 spiro atoms. The lowest BCUT2D eigenvalue weighted by Gasteiger charge is -2.40. The summed E-state index contributed by atoms with van der Waals surface area (Å²) >= 11 is 5.73. The molecular weight excluding hydrogens is 470 g/mol. The van der Waals surface area contributed by atoms with Crippen molar-refractivity contribution in [1.82, 2.24) is 10.2 Å². The molecule has 2 aromatic rings. The van der Waals surface area contributed by atoms with Crippen molar-refractivity contribution < 1.29 is 32.3 Å². The number of carbonyl (C=O) groups is 2. The van der Waals surface area contributed by atoms with Gasteiger partial charge in [-0.3, -0.25) is 9.69 Å². The highest BCUT2D eigenvalue weighted by molar-refractivity contribution is 6.32. The van der Waals surface area contributed by atoms with Crippen LogP contribution in [0.1, 0.15) is 24.5 Å². The van der Waals surface area contributed by atoms with E-state index in [-0.39, 0.29) is 29.3 Å². The van der Waals surface area contributed by atoms with E-state index in [1.54, 1.807) is 0 Å². The first-order chi connectivity index (χ1) is 15.2. The molecule has 1 aliphatic heterocycles. The molecule has 0 radical (unpaired) electrons. The van der Waals surface area contributed by atoms with Gasteiger partial charge in [-0.1, -0.05) is 23.7 Å². The van der Waals surface area contributed by atoms with Crippen LogP contribution < -0.4 is 16.4 Å². The summed E-state index contributed by atoms with van der Waals surface area (Å²) in [6.45, 7) is 1.44. The maximum Gasteiger partial charge on any atom is 0.434 e. The molecule has 0 aliphatic carbocycles. The first kappa shape index (κ1) is 24.1. The Labute approximate surface area is 190 Å². The molecule has 0 unspecified atom stereocenters. The number of aliphatic imine (C=N–C) groups is 1. The minimum absolute atomic E-state index is 0.110. The third kappa shape index (κ3) is 4.65. The van der Waals surface area contributed by atoms with Crippen LogP contribution in [0.4, 0.5) is 39.4 Å². The zero-order chi connectivity index (χ0) is 24.7. The molecule has 13 heteroatoms. The van der Waals surface area contributed by atoms with Crippen molar-refractivity contribution in [3.05, 3.63) is 52.3 Å². The number of nitrogens with zero attached hydrogens (tertiary/aromatic N) is 2. The fraction of sp³-hybridized carbons (Fsp3) is 0.250. The van der Waals surface area contributed by atoms with Gasteiger partial charge in [0.2, 0.25) is 11.9 Å². The maximum atomic E-state index is 15.5. The van der Waals surface area contributed by atoms with Gasteiger partial charge in [0, 0.05) is 12.6 Å². The normalized spacial score (nSPS) is 20.0. The Kier molecular flexibility index (Phi) is 6.16. The van der Waals surface area contributed by atoms with E-state index in [9.17, 15) is 22.8 Å². The molecule has 1 heterocycles. The van der Waals surface area contributed by atoms with E-state index < -0.39 is 45.8 Å². The molecule has 2 aromatic carbocycles. The zero-order valence-electron chi connectivity index (χ0n) is 17.2. The molecule has 1 fully saturated rings. The zero-order valence-corrected chi connectivity index (χ0v) is 18.0. The van der Waals surface area contributed by atoms with Crippen LogP contribution in [0.15, 0.2) is 35.3 Å². The number of carboxylic acid groups (broad SMARTS) is 1. The van der Waals surface area contributed by atoms with E-state index in [1.807, 2.05) is 0 Å². The SMILES string of the molecule is CN1C(=O)C[C@@](C)(c2cccc(Nc3c(N)ccc(Cl)c3C(F)(F)F)c2F)N/C1=N\C(=O)O. The maximum absolute atomic E-state index is 15.5. The molecule has 1 saturated heterocycles. The minimum atomic E-state index is -4.88. The summed E-state index contributed by atoms with van der Waals surface area (Å²) in [5.41, 5.74) is 1.59. The average molecular weight is 488 g/mol. The predicted octanol–water partition coefficient (Wildman–Crippen LogP) is 4.52. The molecule has 0 bridgehead atoms. The molecule has 5 N–H and O–H groups in total. The number of nitrogen functional groups attached to an aromatic ring is 1. The lowest BCUT2D eigenvalue weighted by atomic mass is 9.86. The van der Waals surface area contributed by atoms with E-state index in [0.717, 1.165) is 17.0 Å². The smallest absolute Gasteiger partial charge is 0.434 e. The van der Waals surface area contributed by atoms with E-state index in [2.05, 4.69) is 15.6 Å². The van der Waals surface area contributed by atoms with Crippen LogP contribution in [0.3, 0.4) is 0 Å². The quantitative estimate of drug-likeness (QED) is 0.373. The molecule has 0 aromatic heterocycles. The van der Waals surface area contributed by atoms with Gasteiger partial charge in [0.05, 0.1) is 39.6 Å². The van der Waals surface area contributed by atoms with Crippen LogP contribution in [0.25, 0.3) is 0 Å². The number of guanidine groups is 1. The van der Waals surface area contributed by atoms with E-state index in [0.29, 0.717) is 0 Å². The number of benzene rings is 2. The summed E-state index contributed by atoms with van der Waals surface area (Å²) in [6.07, 6.45) is -6.73. The van der Waals surface area contributed by atoms with Gasteiger partial charge < -0.3 is 21.5 Å². The Morgan fingerprint density at radius 1 is 1.33 bits per heavy atom. The predicted molar refractivity (Wildman–Crippen MR) is 114 cm³/mol. The van der Waals surface area contributed by atoms with Gasteiger partial charge in [0.25, 0.3) is 0 Å². The third-order valence-corrected chi connectivity index (χ3v) is 5.42. The number of halogens is 5. The molecule has 1 atom stereocenters. The highest BCUT2D eigenvalue weighted by Gasteiger charge is 2.41. The highest BCUT2D eigenvalue weighted by Crippen LogP contribution is 2.44. The largest absolute Gasteiger partial charge is 0.463 e. The van der Waals surface area contributed by atoms with Gasteiger partial charge in [-0.25, -0.2) is 9.18 Å². The molecular formula is C20H18ClF4N5O3. The molecule has 3 rings (SSSR count). The Bertz CT molecular complexity index is 1170. The Balaban J connectivity index is 2.09. The topological polar surface area (TPSA) is 120 Å². The van der Waals surface area contributed by atoms with Crippen molar-refractivity contribution in [2.75, 3.05) is 18.1 Å². The van der Waals surface area contributed by atoms with Crippen molar-refractivity contribution in [3.8, 4) is 0 Å². The van der Waals surface area contributed by atoms with E-state index in [1.165, 1.54) is 32.2 Å². The fourth-order valence-electron chi connectivity index (χ4n) is 3.46. The summed E-state index contributed by atoms with van der Waals surface area (Å²) in [5, 5.41) is 13.4. The number of hydrogen-bond donors (Lipinski definition) is 4. The van der Waals surface area contributed by atoms with Crippen molar-refractivity contribution in [2.24, 2.45) is 4.99 Å². The van der Waals surface area contributed by atoms with Crippen molar-refractivity contribution in [1.29, 1.82) is 0 Å². The van der Waals surface area contributed by atoms with Crippen LogP contribution in [-0.2, 0) is 16.5 Å². The van der Waals surface area contributed by atoms with Gasteiger partial charge in [0.15, 0.2) is 5.82 Å². The van der Waals surface area contributed by atoms with Gasteiger partial charge in [-0.2, -0.15) is 13.2 Å². The molecule has 0 saturated carbocycles. The molecule has 2 amide bonds. The monoisotopic (exact) mass is 487 g/mol. The van der Waals surface area contributed by atoms with E-state index in [4.69, 9.17) is 22.4 Å². The summed E-state index contributed by atoms with van der Waals surface area (Å²) in [5.74, 6) is -1.85. The highest BCUT2D eigenvalue weighted by atomic mass is 35.5. The summed E-state index contributed by atoms with van der Waals surface area (Å²) in [6, 6.07) is 5.99. The first-order valence-corrected chi connectivity index (χ1v) is 9.70. The number of nitrogens with one attached hydrogen (secondary N) is 2. The van der Waals surface area contributed by atoms with Crippen LogP contribution in [-0.4, -0.2) is 35.0 Å². The van der Waals surface area contributed by atoms with Crippen LogP contribution >= 0.6 is 11.6 Å². The summed E-state index contributed by atoms with van der Waals surface area (Å²) < 4.78 is 56.2. The van der Waals surface area contributed by atoms with Gasteiger partial charge >= 0.3 is 12.3 Å². The second kappa shape index (κ2) is 8.43. The summed E-state index contributed by atoms with van der Waals surface area (Å²) in [4.78, 5) is 27.7. The van der Waals surface area contributed by atoms with Crippen molar-refractivity contribution in [3.63, 3.8) is 0 Å². The van der Waals surface area contributed by atoms with Crippen molar-refractivity contribution in [2.45, 2.75) is 25.1 Å². The molecule has 8 nitrogen and oxygen atoms in total. The Hall–Kier alpha value is -3.54. The molecule has 176 valence electrons. The standard InChI is InChI=1S/C20H18ClF4N5O3/c1-19(8-13(31)30(2)17(29-19)28-18(32)33)9-4-3-5-12(15(9)22)27-16-11(26)7-6-10(21)14(16)20(23,24)25/h3-7,27H,8,26H2,1-2H3,(H,28,29)(H,32,33)/t19-/m0/s1. The molecule has 1 aliphatic rings. The van der Waals surface area contributed by atoms with E-state index >= 15 is 4.39 Å². The third-order valence-electron chi connectivity index (χ3n) is 5.11. The lowest BCUT2D eigenvalue weighted by Crippen LogP contribution is -2.59.